The molecule has 0 aliphatic carbocycles. The van der Waals surface area contributed by atoms with Crippen LogP contribution in [0.4, 0.5) is 0 Å². The van der Waals surface area contributed by atoms with Crippen molar-refractivity contribution in [3.05, 3.63) is 0 Å². The van der Waals surface area contributed by atoms with Crippen molar-refractivity contribution in [3.8, 4) is 0 Å². The summed E-state index contributed by atoms with van der Waals surface area (Å²) in [4.78, 5) is 0. The fourth-order valence-corrected chi connectivity index (χ4v) is 3.05. The maximum atomic E-state index is 11.4. The Morgan fingerprint density at radius 1 is 1.36 bits per heavy atom. The highest BCUT2D eigenvalue weighted by Gasteiger charge is 2.19. The van der Waals surface area contributed by atoms with E-state index in [1.807, 2.05) is 0 Å². The minimum absolute atomic E-state index is 0.0454. The van der Waals surface area contributed by atoms with Crippen LogP contribution in [-0.2, 0) is 14.8 Å². The Morgan fingerprint density at radius 3 is 2.57 bits per heavy atom. The van der Waals surface area contributed by atoms with Crippen LogP contribution in [0.5, 0.6) is 0 Å². The first-order chi connectivity index (χ1) is 6.64. The van der Waals surface area contributed by atoms with Crippen LogP contribution in [0.15, 0.2) is 0 Å². The summed E-state index contributed by atoms with van der Waals surface area (Å²) in [5, 5.41) is 0. The minimum Gasteiger partial charge on any atom is -0.381 e. The average Bonchev–Trinajstić information content (AvgIpc) is 2.16. The lowest BCUT2D eigenvalue weighted by Crippen LogP contribution is -2.40. The molecule has 0 unspecified atom stereocenters. The lowest BCUT2D eigenvalue weighted by atomic mass is 10.1. The molecule has 1 fully saturated rings. The van der Waals surface area contributed by atoms with E-state index >= 15 is 0 Å². The summed E-state index contributed by atoms with van der Waals surface area (Å²) in [7, 11) is -3.13. The van der Waals surface area contributed by atoms with E-state index in [9.17, 15) is 8.42 Å². The van der Waals surface area contributed by atoms with Crippen LogP contribution in [0.25, 0.3) is 0 Å². The van der Waals surface area contributed by atoms with Crippen LogP contribution in [0, 0.1) is 0 Å². The Labute approximate surface area is 90.0 Å². The Morgan fingerprint density at radius 2 is 2.00 bits per heavy atom. The first kappa shape index (κ1) is 12.2. The van der Waals surface area contributed by atoms with Crippen molar-refractivity contribution < 1.29 is 13.2 Å². The highest BCUT2D eigenvalue weighted by atomic mass is 35.5. The van der Waals surface area contributed by atoms with Crippen molar-refractivity contribution in [1.29, 1.82) is 0 Å². The fraction of sp³-hybridized carbons (Fsp3) is 1.00. The van der Waals surface area contributed by atoms with Gasteiger partial charge in [-0.25, -0.2) is 13.1 Å². The summed E-state index contributed by atoms with van der Waals surface area (Å²) in [6, 6.07) is 0.0454. The van der Waals surface area contributed by atoms with Gasteiger partial charge in [-0.2, -0.15) is 0 Å². The maximum Gasteiger partial charge on any atom is 0.211 e. The van der Waals surface area contributed by atoms with Gasteiger partial charge in [0.15, 0.2) is 0 Å². The number of alkyl halides is 1. The maximum absolute atomic E-state index is 11.4. The van der Waals surface area contributed by atoms with Gasteiger partial charge in [-0.1, -0.05) is 0 Å². The number of halogens is 1. The van der Waals surface area contributed by atoms with Gasteiger partial charge in [-0.05, 0) is 19.3 Å². The van der Waals surface area contributed by atoms with E-state index in [0.717, 1.165) is 12.8 Å². The molecule has 4 nitrogen and oxygen atoms in total. The van der Waals surface area contributed by atoms with Gasteiger partial charge in [0.25, 0.3) is 0 Å². The number of hydrogen-bond donors (Lipinski definition) is 1. The van der Waals surface area contributed by atoms with E-state index in [4.69, 9.17) is 16.3 Å². The molecule has 0 aromatic carbocycles. The van der Waals surface area contributed by atoms with Crippen LogP contribution in [0.1, 0.15) is 19.3 Å². The lowest BCUT2D eigenvalue weighted by Gasteiger charge is -2.22. The van der Waals surface area contributed by atoms with Crippen molar-refractivity contribution in [2.45, 2.75) is 25.3 Å². The second-order valence-electron chi connectivity index (χ2n) is 3.37. The smallest absolute Gasteiger partial charge is 0.211 e. The third kappa shape index (κ3) is 4.59. The van der Waals surface area contributed by atoms with Crippen LogP contribution >= 0.6 is 11.6 Å². The topological polar surface area (TPSA) is 55.4 Å². The zero-order valence-electron chi connectivity index (χ0n) is 8.04. The highest BCUT2D eigenvalue weighted by molar-refractivity contribution is 7.89. The van der Waals surface area contributed by atoms with Crippen molar-refractivity contribution in [2.75, 3.05) is 24.8 Å². The molecule has 0 aromatic rings. The van der Waals surface area contributed by atoms with Gasteiger partial charge in [0, 0.05) is 25.1 Å². The zero-order chi connectivity index (χ0) is 10.4. The number of rotatable bonds is 5. The second kappa shape index (κ2) is 5.90. The van der Waals surface area contributed by atoms with Crippen molar-refractivity contribution in [2.24, 2.45) is 0 Å². The largest absolute Gasteiger partial charge is 0.381 e. The van der Waals surface area contributed by atoms with Gasteiger partial charge in [-0.15, -0.1) is 11.6 Å². The molecular weight excluding hydrogens is 226 g/mol. The first-order valence-corrected chi connectivity index (χ1v) is 6.96. The van der Waals surface area contributed by atoms with Gasteiger partial charge >= 0.3 is 0 Å². The van der Waals surface area contributed by atoms with Crippen LogP contribution in [-0.4, -0.2) is 39.3 Å². The standard InChI is InChI=1S/C8H16ClNO3S/c9-4-1-7-14(11,12)10-8-2-5-13-6-3-8/h8,10H,1-7H2. The molecule has 0 aromatic heterocycles. The van der Waals surface area contributed by atoms with Gasteiger partial charge < -0.3 is 4.74 Å². The molecule has 1 saturated heterocycles. The lowest BCUT2D eigenvalue weighted by molar-refractivity contribution is 0.0832. The highest BCUT2D eigenvalue weighted by Crippen LogP contribution is 2.08. The van der Waals surface area contributed by atoms with E-state index in [0.29, 0.717) is 25.5 Å². The van der Waals surface area contributed by atoms with Crippen LogP contribution in [0.3, 0.4) is 0 Å². The molecule has 14 heavy (non-hydrogen) atoms. The van der Waals surface area contributed by atoms with Crippen molar-refractivity contribution in [1.82, 2.24) is 4.72 Å². The Bertz CT molecular complexity index is 249. The number of sulfonamides is 1. The van der Waals surface area contributed by atoms with Crippen LogP contribution in [0.2, 0.25) is 0 Å². The summed E-state index contributed by atoms with van der Waals surface area (Å²) in [6.07, 6.45) is 2.03. The molecule has 6 heteroatoms. The first-order valence-electron chi connectivity index (χ1n) is 4.78. The fourth-order valence-electron chi connectivity index (χ4n) is 1.37. The van der Waals surface area contributed by atoms with E-state index in [2.05, 4.69) is 4.72 Å². The molecule has 1 heterocycles. The van der Waals surface area contributed by atoms with Gasteiger partial charge in [0.1, 0.15) is 0 Å². The molecule has 1 N–H and O–H groups in total. The molecule has 84 valence electrons. The normalized spacial score (nSPS) is 19.8. The SMILES string of the molecule is O=S(=O)(CCCCl)NC1CCOCC1. The minimum atomic E-state index is -3.13. The molecule has 0 saturated carbocycles. The molecule has 0 amide bonds. The Balaban J connectivity index is 2.33. The van der Waals surface area contributed by atoms with Crippen molar-refractivity contribution in [3.63, 3.8) is 0 Å². The van der Waals surface area contributed by atoms with E-state index in [1.165, 1.54) is 0 Å². The average molecular weight is 242 g/mol. The predicted octanol–water partition coefficient (Wildman–Crippen LogP) is 0.714. The molecule has 0 spiro atoms. The summed E-state index contributed by atoms with van der Waals surface area (Å²) >= 11 is 5.44. The quantitative estimate of drug-likeness (QED) is 0.722. The summed E-state index contributed by atoms with van der Waals surface area (Å²) < 4.78 is 30.7. The summed E-state index contributed by atoms with van der Waals surface area (Å²) in [5.41, 5.74) is 0. The molecule has 1 rings (SSSR count). The van der Waals surface area contributed by atoms with Crippen LogP contribution < -0.4 is 4.72 Å². The predicted molar refractivity (Wildman–Crippen MR) is 56.1 cm³/mol. The molecule has 0 atom stereocenters. The monoisotopic (exact) mass is 241 g/mol. The van der Waals surface area contributed by atoms with Gasteiger partial charge in [0.05, 0.1) is 5.75 Å². The third-order valence-corrected chi connectivity index (χ3v) is 3.90. The summed E-state index contributed by atoms with van der Waals surface area (Å²) in [6.45, 7) is 1.28. The van der Waals surface area contributed by atoms with Crippen molar-refractivity contribution >= 4 is 21.6 Å². The van der Waals surface area contributed by atoms with E-state index in [1.54, 1.807) is 0 Å². The van der Waals surface area contributed by atoms with Gasteiger partial charge in [-0.3, -0.25) is 0 Å². The van der Waals surface area contributed by atoms with Gasteiger partial charge in [0.2, 0.25) is 10.0 Å². The molecule has 0 radical (unpaired) electrons. The Hall–Kier alpha value is 0.160. The number of ether oxygens (including phenoxy) is 1. The molecule has 1 aliphatic rings. The zero-order valence-corrected chi connectivity index (χ0v) is 9.61. The second-order valence-corrected chi connectivity index (χ2v) is 5.62. The van der Waals surface area contributed by atoms with E-state index in [-0.39, 0.29) is 11.8 Å². The molecule has 1 aliphatic heterocycles. The summed E-state index contributed by atoms with van der Waals surface area (Å²) in [5.74, 6) is 0.503. The molecular formula is C8H16ClNO3S. The Kier molecular flexibility index (Phi) is 5.15. The number of nitrogens with one attached hydrogen (secondary N) is 1. The molecule has 0 bridgehead atoms. The number of hydrogen-bond acceptors (Lipinski definition) is 3. The third-order valence-electron chi connectivity index (χ3n) is 2.11. The van der Waals surface area contributed by atoms with E-state index < -0.39 is 10.0 Å².